The van der Waals surface area contributed by atoms with Gasteiger partial charge in [0, 0.05) is 39.3 Å². The molecule has 1 aliphatic rings. The number of rotatable bonds is 4. The molecular formula is C15H33N3O2. The standard InChI is InChI=1S/C13H27N3O2.C2H6/c1-5-15-8-10-16(11-9-15)7-6-14-12(17)18-13(2,3)4;1-2/h5-11H2,1-4H3,(H,14,17);1-2H3. The van der Waals surface area contributed by atoms with E-state index in [0.717, 1.165) is 39.3 Å². The van der Waals surface area contributed by atoms with Crippen LogP contribution in [0.1, 0.15) is 41.5 Å². The summed E-state index contributed by atoms with van der Waals surface area (Å²) in [5.41, 5.74) is -0.420. The number of carbonyl (C=O) groups excluding carboxylic acids is 1. The lowest BCUT2D eigenvalue weighted by Gasteiger charge is -2.34. The molecule has 5 heteroatoms. The zero-order valence-electron chi connectivity index (χ0n) is 14.2. The number of hydrogen-bond acceptors (Lipinski definition) is 4. The summed E-state index contributed by atoms with van der Waals surface area (Å²) in [7, 11) is 0. The van der Waals surface area contributed by atoms with E-state index in [2.05, 4.69) is 22.0 Å². The summed E-state index contributed by atoms with van der Waals surface area (Å²) in [6, 6.07) is 0. The molecule has 0 atom stereocenters. The normalized spacial score (nSPS) is 17.1. The van der Waals surface area contributed by atoms with Gasteiger partial charge in [-0.3, -0.25) is 4.90 Å². The highest BCUT2D eigenvalue weighted by Crippen LogP contribution is 2.06. The van der Waals surface area contributed by atoms with Crippen LogP contribution in [0.3, 0.4) is 0 Å². The SMILES string of the molecule is CC.CCN1CCN(CCNC(=O)OC(C)(C)C)CC1. The van der Waals surface area contributed by atoms with Gasteiger partial charge in [0.15, 0.2) is 0 Å². The number of alkyl carbamates (subject to hydrolysis) is 1. The molecule has 0 bridgehead atoms. The van der Waals surface area contributed by atoms with Gasteiger partial charge in [0.05, 0.1) is 0 Å². The van der Waals surface area contributed by atoms with Crippen LogP contribution in [-0.4, -0.2) is 67.3 Å². The van der Waals surface area contributed by atoms with Gasteiger partial charge >= 0.3 is 6.09 Å². The number of amides is 1. The molecule has 1 saturated heterocycles. The molecule has 5 nitrogen and oxygen atoms in total. The average Bonchev–Trinajstić information content (AvgIpc) is 2.40. The van der Waals surface area contributed by atoms with Gasteiger partial charge in [0.25, 0.3) is 0 Å². The second-order valence-corrected chi connectivity index (χ2v) is 5.70. The maximum absolute atomic E-state index is 11.4. The molecular weight excluding hydrogens is 254 g/mol. The number of hydrogen-bond donors (Lipinski definition) is 1. The molecule has 0 saturated carbocycles. The van der Waals surface area contributed by atoms with Crippen molar-refractivity contribution in [3.8, 4) is 0 Å². The molecule has 1 amide bonds. The Kier molecular flexibility index (Phi) is 9.59. The Morgan fingerprint density at radius 2 is 1.60 bits per heavy atom. The van der Waals surface area contributed by atoms with Crippen LogP contribution in [0, 0.1) is 0 Å². The maximum Gasteiger partial charge on any atom is 0.407 e. The van der Waals surface area contributed by atoms with Crippen LogP contribution in [-0.2, 0) is 4.74 Å². The Morgan fingerprint density at radius 3 is 2.05 bits per heavy atom. The fraction of sp³-hybridized carbons (Fsp3) is 0.933. The van der Waals surface area contributed by atoms with Gasteiger partial charge in [-0.25, -0.2) is 4.79 Å². The van der Waals surface area contributed by atoms with E-state index in [1.54, 1.807) is 0 Å². The third-order valence-corrected chi connectivity index (χ3v) is 3.01. The van der Waals surface area contributed by atoms with Crippen LogP contribution in [0.25, 0.3) is 0 Å². The third kappa shape index (κ3) is 9.15. The molecule has 0 aromatic rings. The average molecular weight is 287 g/mol. The second-order valence-electron chi connectivity index (χ2n) is 5.70. The molecule has 1 fully saturated rings. The van der Waals surface area contributed by atoms with Crippen LogP contribution in [0.5, 0.6) is 0 Å². The highest BCUT2D eigenvalue weighted by atomic mass is 16.6. The second kappa shape index (κ2) is 10.00. The Labute approximate surface area is 124 Å². The van der Waals surface area contributed by atoms with E-state index in [-0.39, 0.29) is 6.09 Å². The topological polar surface area (TPSA) is 44.8 Å². The molecule has 0 aromatic carbocycles. The molecule has 0 aromatic heterocycles. The van der Waals surface area contributed by atoms with Crippen molar-refractivity contribution in [2.45, 2.75) is 47.1 Å². The minimum atomic E-state index is -0.420. The first-order valence-electron chi connectivity index (χ1n) is 7.82. The first-order valence-corrected chi connectivity index (χ1v) is 7.82. The monoisotopic (exact) mass is 287 g/mol. The zero-order valence-corrected chi connectivity index (χ0v) is 14.2. The lowest BCUT2D eigenvalue weighted by Crippen LogP contribution is -2.48. The molecule has 1 heterocycles. The van der Waals surface area contributed by atoms with E-state index in [1.807, 2.05) is 34.6 Å². The molecule has 1 rings (SSSR count). The number of ether oxygens (including phenoxy) is 1. The smallest absolute Gasteiger partial charge is 0.407 e. The van der Waals surface area contributed by atoms with Crippen molar-refractivity contribution in [3.05, 3.63) is 0 Å². The van der Waals surface area contributed by atoms with E-state index < -0.39 is 5.60 Å². The lowest BCUT2D eigenvalue weighted by molar-refractivity contribution is 0.0516. The van der Waals surface area contributed by atoms with Crippen molar-refractivity contribution in [1.29, 1.82) is 0 Å². The summed E-state index contributed by atoms with van der Waals surface area (Å²) < 4.78 is 5.18. The van der Waals surface area contributed by atoms with Crippen LogP contribution in [0.4, 0.5) is 4.79 Å². The minimum absolute atomic E-state index is 0.324. The van der Waals surface area contributed by atoms with Gasteiger partial charge in [-0.1, -0.05) is 20.8 Å². The minimum Gasteiger partial charge on any atom is -0.444 e. The molecule has 1 N–H and O–H groups in total. The van der Waals surface area contributed by atoms with Crippen LogP contribution < -0.4 is 5.32 Å². The fourth-order valence-corrected chi connectivity index (χ4v) is 1.96. The Bertz CT molecular complexity index is 256. The number of nitrogens with one attached hydrogen (secondary N) is 1. The zero-order chi connectivity index (χ0) is 15.6. The predicted octanol–water partition coefficient (Wildman–Crippen LogP) is 2.17. The summed E-state index contributed by atoms with van der Waals surface area (Å²) in [5.74, 6) is 0. The van der Waals surface area contributed by atoms with Crippen molar-refractivity contribution in [2.24, 2.45) is 0 Å². The molecule has 0 aliphatic carbocycles. The van der Waals surface area contributed by atoms with E-state index in [0.29, 0.717) is 6.54 Å². The van der Waals surface area contributed by atoms with Gasteiger partial charge in [-0.15, -0.1) is 0 Å². The third-order valence-electron chi connectivity index (χ3n) is 3.01. The predicted molar refractivity (Wildman–Crippen MR) is 84.1 cm³/mol. The summed E-state index contributed by atoms with van der Waals surface area (Å²) in [6.07, 6.45) is -0.324. The Hall–Kier alpha value is -0.810. The Morgan fingerprint density at radius 1 is 1.10 bits per heavy atom. The number of nitrogens with zero attached hydrogens (tertiary/aromatic N) is 2. The van der Waals surface area contributed by atoms with Crippen LogP contribution >= 0.6 is 0 Å². The summed E-state index contributed by atoms with van der Waals surface area (Å²) in [4.78, 5) is 16.3. The van der Waals surface area contributed by atoms with Crippen molar-refractivity contribution < 1.29 is 9.53 Å². The largest absolute Gasteiger partial charge is 0.444 e. The first kappa shape index (κ1) is 19.2. The van der Waals surface area contributed by atoms with Gasteiger partial charge in [-0.2, -0.15) is 0 Å². The number of likely N-dealkylation sites (N-methyl/N-ethyl adjacent to an activating group) is 1. The molecule has 120 valence electrons. The van der Waals surface area contributed by atoms with E-state index in [1.165, 1.54) is 0 Å². The molecule has 1 aliphatic heterocycles. The van der Waals surface area contributed by atoms with Crippen LogP contribution in [0.2, 0.25) is 0 Å². The van der Waals surface area contributed by atoms with Gasteiger partial charge < -0.3 is 15.0 Å². The first-order chi connectivity index (χ1) is 9.40. The highest BCUT2D eigenvalue weighted by Gasteiger charge is 2.17. The van der Waals surface area contributed by atoms with Crippen molar-refractivity contribution in [2.75, 3.05) is 45.8 Å². The lowest BCUT2D eigenvalue weighted by atomic mass is 10.2. The fourth-order valence-electron chi connectivity index (χ4n) is 1.96. The maximum atomic E-state index is 11.4. The van der Waals surface area contributed by atoms with Crippen LogP contribution in [0.15, 0.2) is 0 Å². The molecule has 0 unspecified atom stereocenters. The summed E-state index contributed by atoms with van der Waals surface area (Å²) >= 11 is 0. The Balaban J connectivity index is 0.00000172. The van der Waals surface area contributed by atoms with Gasteiger partial charge in [-0.05, 0) is 27.3 Å². The number of carbonyl (C=O) groups is 1. The van der Waals surface area contributed by atoms with Crippen molar-refractivity contribution >= 4 is 6.09 Å². The van der Waals surface area contributed by atoms with Crippen molar-refractivity contribution in [1.82, 2.24) is 15.1 Å². The van der Waals surface area contributed by atoms with Gasteiger partial charge in [0.1, 0.15) is 5.60 Å². The quantitative estimate of drug-likeness (QED) is 0.861. The summed E-state index contributed by atoms with van der Waals surface area (Å²) in [6.45, 7) is 18.9. The van der Waals surface area contributed by atoms with Crippen molar-refractivity contribution in [3.63, 3.8) is 0 Å². The summed E-state index contributed by atoms with van der Waals surface area (Å²) in [5, 5.41) is 2.80. The van der Waals surface area contributed by atoms with E-state index in [4.69, 9.17) is 4.74 Å². The van der Waals surface area contributed by atoms with E-state index >= 15 is 0 Å². The highest BCUT2D eigenvalue weighted by molar-refractivity contribution is 5.67. The van der Waals surface area contributed by atoms with E-state index in [9.17, 15) is 4.79 Å². The number of piperazine rings is 1. The molecule has 0 spiro atoms. The molecule has 20 heavy (non-hydrogen) atoms. The molecule has 0 radical (unpaired) electrons. The van der Waals surface area contributed by atoms with Gasteiger partial charge in [0.2, 0.25) is 0 Å².